The standard InChI is InChI=1S/C14H15N5O2S/c1-14(2,3)12-18-21-13(20)19(12)7-9-8-22-11(17-9)10-15-5-4-6-16-10/h4-6,8H,7H2,1-3H3. The van der Waals surface area contributed by atoms with Crippen LogP contribution in [0.25, 0.3) is 10.8 Å². The highest BCUT2D eigenvalue weighted by Crippen LogP contribution is 2.22. The van der Waals surface area contributed by atoms with Crippen molar-refractivity contribution in [1.82, 2.24) is 24.7 Å². The van der Waals surface area contributed by atoms with Gasteiger partial charge in [0.2, 0.25) is 0 Å². The van der Waals surface area contributed by atoms with Crippen molar-refractivity contribution in [3.8, 4) is 10.8 Å². The summed E-state index contributed by atoms with van der Waals surface area (Å²) in [4.78, 5) is 24.7. The lowest BCUT2D eigenvalue weighted by molar-refractivity contribution is 0.367. The van der Waals surface area contributed by atoms with Crippen molar-refractivity contribution in [2.45, 2.75) is 32.7 Å². The predicted molar refractivity (Wildman–Crippen MR) is 81.7 cm³/mol. The average Bonchev–Trinajstić information content (AvgIpc) is 3.08. The molecule has 0 spiro atoms. The summed E-state index contributed by atoms with van der Waals surface area (Å²) in [5.74, 6) is 0.700. The van der Waals surface area contributed by atoms with Gasteiger partial charge in [-0.2, -0.15) is 0 Å². The van der Waals surface area contributed by atoms with Crippen LogP contribution in [-0.2, 0) is 12.0 Å². The van der Waals surface area contributed by atoms with E-state index in [0.717, 1.165) is 10.7 Å². The fourth-order valence-corrected chi connectivity index (χ4v) is 2.76. The summed E-state index contributed by atoms with van der Waals surface area (Å²) in [7, 11) is 0. The first-order valence-electron chi connectivity index (χ1n) is 6.74. The van der Waals surface area contributed by atoms with Gasteiger partial charge in [0.1, 0.15) is 0 Å². The van der Waals surface area contributed by atoms with Gasteiger partial charge in [-0.25, -0.2) is 19.7 Å². The third-order valence-corrected chi connectivity index (χ3v) is 3.87. The molecule has 0 aliphatic carbocycles. The van der Waals surface area contributed by atoms with Gasteiger partial charge in [0.05, 0.1) is 12.2 Å². The van der Waals surface area contributed by atoms with Gasteiger partial charge in [0.15, 0.2) is 16.7 Å². The highest BCUT2D eigenvalue weighted by molar-refractivity contribution is 7.13. The van der Waals surface area contributed by atoms with Crippen LogP contribution in [-0.4, -0.2) is 24.7 Å². The van der Waals surface area contributed by atoms with Crippen LogP contribution in [0.4, 0.5) is 0 Å². The average molecular weight is 317 g/mol. The van der Waals surface area contributed by atoms with Crippen molar-refractivity contribution in [2.75, 3.05) is 0 Å². The Labute approximate surface area is 130 Å². The van der Waals surface area contributed by atoms with Gasteiger partial charge in [0, 0.05) is 23.2 Å². The third-order valence-electron chi connectivity index (χ3n) is 2.99. The van der Waals surface area contributed by atoms with E-state index < -0.39 is 5.76 Å². The van der Waals surface area contributed by atoms with E-state index >= 15 is 0 Å². The van der Waals surface area contributed by atoms with Crippen molar-refractivity contribution in [1.29, 1.82) is 0 Å². The number of rotatable bonds is 3. The number of nitrogens with zero attached hydrogens (tertiary/aromatic N) is 5. The van der Waals surface area contributed by atoms with Gasteiger partial charge < -0.3 is 0 Å². The topological polar surface area (TPSA) is 86.7 Å². The van der Waals surface area contributed by atoms with Gasteiger partial charge >= 0.3 is 5.76 Å². The summed E-state index contributed by atoms with van der Waals surface area (Å²) >= 11 is 1.44. The normalized spacial score (nSPS) is 11.8. The first kappa shape index (κ1) is 14.6. The molecule has 114 valence electrons. The Morgan fingerprint density at radius 2 is 2.00 bits per heavy atom. The first-order valence-corrected chi connectivity index (χ1v) is 7.62. The van der Waals surface area contributed by atoms with Crippen molar-refractivity contribution in [3.05, 3.63) is 45.9 Å². The van der Waals surface area contributed by atoms with E-state index in [2.05, 4.69) is 20.1 Å². The van der Waals surface area contributed by atoms with Crippen molar-refractivity contribution in [2.24, 2.45) is 0 Å². The summed E-state index contributed by atoms with van der Waals surface area (Å²) in [6.45, 7) is 6.25. The molecule has 0 saturated carbocycles. The summed E-state index contributed by atoms with van der Waals surface area (Å²) in [6.07, 6.45) is 3.34. The molecule has 0 aliphatic heterocycles. The lowest BCUT2D eigenvalue weighted by atomic mass is 9.96. The van der Waals surface area contributed by atoms with Crippen molar-refractivity contribution >= 4 is 11.3 Å². The Balaban J connectivity index is 1.91. The van der Waals surface area contributed by atoms with Crippen LogP contribution in [0.15, 0.2) is 33.2 Å². The van der Waals surface area contributed by atoms with Crippen LogP contribution in [0.2, 0.25) is 0 Å². The number of hydrogen-bond donors (Lipinski definition) is 0. The van der Waals surface area contributed by atoms with E-state index in [1.54, 1.807) is 18.5 Å². The Morgan fingerprint density at radius 1 is 1.27 bits per heavy atom. The molecule has 22 heavy (non-hydrogen) atoms. The van der Waals surface area contributed by atoms with Crippen molar-refractivity contribution < 1.29 is 4.52 Å². The molecule has 0 bridgehead atoms. The lowest BCUT2D eigenvalue weighted by Crippen LogP contribution is -2.25. The van der Waals surface area contributed by atoms with Crippen LogP contribution in [0.5, 0.6) is 0 Å². The monoisotopic (exact) mass is 317 g/mol. The quantitative estimate of drug-likeness (QED) is 0.735. The maximum absolute atomic E-state index is 11.9. The molecule has 0 radical (unpaired) electrons. The van der Waals surface area contributed by atoms with Gasteiger partial charge in [-0.3, -0.25) is 9.09 Å². The van der Waals surface area contributed by atoms with E-state index in [1.165, 1.54) is 15.9 Å². The molecule has 3 rings (SSSR count). The van der Waals surface area contributed by atoms with E-state index in [-0.39, 0.29) is 5.41 Å². The molecule has 0 atom stereocenters. The molecule has 0 unspecified atom stereocenters. The Hall–Kier alpha value is -2.35. The zero-order chi connectivity index (χ0) is 15.7. The number of hydrogen-bond acceptors (Lipinski definition) is 7. The van der Waals surface area contributed by atoms with Gasteiger partial charge in [-0.05, 0) is 6.07 Å². The van der Waals surface area contributed by atoms with Crippen LogP contribution in [0.1, 0.15) is 32.3 Å². The molecule has 7 nitrogen and oxygen atoms in total. The Kier molecular flexibility index (Phi) is 3.61. The molecular formula is C14H15N5O2S. The summed E-state index contributed by atoms with van der Waals surface area (Å²) in [5.41, 5.74) is 0.469. The minimum atomic E-state index is -0.476. The van der Waals surface area contributed by atoms with E-state index in [9.17, 15) is 4.79 Å². The smallest absolute Gasteiger partial charge is 0.296 e. The molecule has 3 aromatic heterocycles. The van der Waals surface area contributed by atoms with Crippen molar-refractivity contribution in [3.63, 3.8) is 0 Å². The molecule has 3 heterocycles. The van der Waals surface area contributed by atoms with Gasteiger partial charge in [-0.15, -0.1) is 11.3 Å². The molecule has 0 saturated heterocycles. The molecule has 0 aliphatic rings. The predicted octanol–water partition coefficient (Wildman–Crippen LogP) is 2.10. The number of aromatic nitrogens is 5. The van der Waals surface area contributed by atoms with E-state index in [4.69, 9.17) is 4.52 Å². The van der Waals surface area contributed by atoms with Gasteiger partial charge in [-0.1, -0.05) is 25.9 Å². The lowest BCUT2D eigenvalue weighted by Gasteiger charge is -2.16. The molecule has 3 aromatic rings. The highest BCUT2D eigenvalue weighted by Gasteiger charge is 2.24. The minimum Gasteiger partial charge on any atom is -0.296 e. The second kappa shape index (κ2) is 5.45. The fourth-order valence-electron chi connectivity index (χ4n) is 2.00. The SMILES string of the molecule is CC(C)(C)c1noc(=O)n1Cc1csc(-c2ncccn2)n1. The molecular weight excluding hydrogens is 302 g/mol. The molecule has 0 aromatic carbocycles. The van der Waals surface area contributed by atoms with Gasteiger partial charge in [0.25, 0.3) is 0 Å². The van der Waals surface area contributed by atoms with Crippen LogP contribution < -0.4 is 5.76 Å². The second-order valence-corrected chi connectivity index (χ2v) is 6.68. The molecule has 0 N–H and O–H groups in total. The summed E-state index contributed by atoms with van der Waals surface area (Å²) in [5, 5.41) is 6.48. The van der Waals surface area contributed by atoms with E-state index in [1.807, 2.05) is 26.2 Å². The Morgan fingerprint density at radius 3 is 2.68 bits per heavy atom. The maximum Gasteiger partial charge on any atom is 0.441 e. The molecule has 8 heteroatoms. The largest absolute Gasteiger partial charge is 0.441 e. The van der Waals surface area contributed by atoms with Crippen LogP contribution in [0.3, 0.4) is 0 Å². The molecule has 0 amide bonds. The van der Waals surface area contributed by atoms with Crippen LogP contribution in [0, 0.1) is 0 Å². The second-order valence-electron chi connectivity index (χ2n) is 5.82. The fraction of sp³-hybridized carbons (Fsp3) is 0.357. The zero-order valence-electron chi connectivity index (χ0n) is 12.5. The number of thiazole rings is 1. The zero-order valence-corrected chi connectivity index (χ0v) is 13.3. The van der Waals surface area contributed by atoms with E-state index in [0.29, 0.717) is 18.2 Å². The summed E-state index contributed by atoms with van der Waals surface area (Å²) in [6, 6.07) is 1.75. The summed E-state index contributed by atoms with van der Waals surface area (Å²) < 4.78 is 6.30. The van der Waals surface area contributed by atoms with Crippen LogP contribution >= 0.6 is 11.3 Å². The molecule has 0 fully saturated rings. The first-order chi connectivity index (χ1) is 10.4. The Bertz CT molecular complexity index is 829. The minimum absolute atomic E-state index is 0.284. The third kappa shape index (κ3) is 2.82. The maximum atomic E-state index is 11.9. The highest BCUT2D eigenvalue weighted by atomic mass is 32.1.